The second-order valence-electron chi connectivity index (χ2n) is 5.90. The van der Waals surface area contributed by atoms with E-state index in [4.69, 9.17) is 4.74 Å². The third-order valence-corrected chi connectivity index (χ3v) is 3.05. The molecule has 0 aliphatic rings. The predicted molar refractivity (Wildman–Crippen MR) is 83.1 cm³/mol. The second kappa shape index (κ2) is 7.34. The molecule has 0 aliphatic heterocycles. The molecule has 2 heteroatoms. The van der Waals surface area contributed by atoms with E-state index in [0.717, 1.165) is 31.9 Å². The van der Waals surface area contributed by atoms with Crippen LogP contribution in [-0.2, 0) is 5.41 Å². The lowest BCUT2D eigenvalue weighted by Gasteiger charge is -2.24. The van der Waals surface area contributed by atoms with Crippen LogP contribution < -0.4 is 10.1 Å². The van der Waals surface area contributed by atoms with Crippen molar-refractivity contribution < 1.29 is 4.74 Å². The van der Waals surface area contributed by atoms with Crippen molar-refractivity contribution in [2.75, 3.05) is 19.7 Å². The fourth-order valence-electron chi connectivity index (χ4n) is 2.01. The minimum absolute atomic E-state index is 0.114. The Labute approximate surface area is 117 Å². The Morgan fingerprint density at radius 2 is 2.05 bits per heavy atom. The standard InChI is InChI=1S/C17H27NO/c1-6-11-18-12-8-13-19-16-14(2)9-7-10-15(16)17(3,4)5/h6-7,9-10,18H,1,8,11-13H2,2-5H3. The van der Waals surface area contributed by atoms with Crippen molar-refractivity contribution in [1.29, 1.82) is 0 Å². The van der Waals surface area contributed by atoms with Crippen molar-refractivity contribution in [3.8, 4) is 5.75 Å². The van der Waals surface area contributed by atoms with Crippen LogP contribution in [0.4, 0.5) is 0 Å². The first-order valence-electron chi connectivity index (χ1n) is 7.01. The molecule has 0 bridgehead atoms. The van der Waals surface area contributed by atoms with Gasteiger partial charge in [-0.2, -0.15) is 0 Å². The van der Waals surface area contributed by atoms with Gasteiger partial charge in [0.1, 0.15) is 5.75 Å². The van der Waals surface area contributed by atoms with Gasteiger partial charge in [0.15, 0.2) is 0 Å². The van der Waals surface area contributed by atoms with Crippen LogP contribution in [0.15, 0.2) is 30.9 Å². The van der Waals surface area contributed by atoms with Gasteiger partial charge in [-0.3, -0.25) is 0 Å². The number of para-hydroxylation sites is 1. The number of benzene rings is 1. The number of rotatable bonds is 7. The van der Waals surface area contributed by atoms with E-state index >= 15 is 0 Å². The Morgan fingerprint density at radius 3 is 2.68 bits per heavy atom. The van der Waals surface area contributed by atoms with Crippen LogP contribution in [0.3, 0.4) is 0 Å². The predicted octanol–water partition coefficient (Wildman–Crippen LogP) is 3.84. The van der Waals surface area contributed by atoms with E-state index in [9.17, 15) is 0 Å². The highest BCUT2D eigenvalue weighted by Gasteiger charge is 2.19. The number of aryl methyl sites for hydroxylation is 1. The van der Waals surface area contributed by atoms with Crippen LogP contribution >= 0.6 is 0 Å². The molecule has 0 spiro atoms. The summed E-state index contributed by atoms with van der Waals surface area (Å²) < 4.78 is 6.01. The molecule has 1 rings (SSSR count). The van der Waals surface area contributed by atoms with Crippen LogP contribution in [-0.4, -0.2) is 19.7 Å². The number of hydrogen-bond acceptors (Lipinski definition) is 2. The van der Waals surface area contributed by atoms with Gasteiger partial charge in [0.25, 0.3) is 0 Å². The Balaban J connectivity index is 2.60. The molecule has 1 N–H and O–H groups in total. The Morgan fingerprint density at radius 1 is 1.32 bits per heavy atom. The van der Waals surface area contributed by atoms with Crippen LogP contribution in [0.2, 0.25) is 0 Å². The SMILES string of the molecule is C=CCNCCCOc1c(C)cccc1C(C)(C)C. The average molecular weight is 261 g/mol. The summed E-state index contributed by atoms with van der Waals surface area (Å²) >= 11 is 0. The normalized spacial score (nSPS) is 11.4. The van der Waals surface area contributed by atoms with Gasteiger partial charge in [-0.15, -0.1) is 6.58 Å². The highest BCUT2D eigenvalue weighted by Crippen LogP contribution is 2.33. The Kier molecular flexibility index (Phi) is 6.10. The molecule has 0 amide bonds. The van der Waals surface area contributed by atoms with Crippen LogP contribution in [0.1, 0.15) is 38.3 Å². The topological polar surface area (TPSA) is 21.3 Å². The Hall–Kier alpha value is -1.28. The van der Waals surface area contributed by atoms with E-state index in [-0.39, 0.29) is 5.41 Å². The fraction of sp³-hybridized carbons (Fsp3) is 0.529. The monoisotopic (exact) mass is 261 g/mol. The van der Waals surface area contributed by atoms with Crippen LogP contribution in [0.5, 0.6) is 5.75 Å². The van der Waals surface area contributed by atoms with Crippen molar-refractivity contribution in [1.82, 2.24) is 5.32 Å². The third kappa shape index (κ3) is 5.07. The highest BCUT2D eigenvalue weighted by atomic mass is 16.5. The molecule has 0 unspecified atom stereocenters. The summed E-state index contributed by atoms with van der Waals surface area (Å²) in [4.78, 5) is 0. The molecule has 0 radical (unpaired) electrons. The molecule has 0 saturated carbocycles. The number of ether oxygens (including phenoxy) is 1. The van der Waals surface area contributed by atoms with Gasteiger partial charge in [0.05, 0.1) is 6.61 Å². The van der Waals surface area contributed by atoms with Crippen molar-refractivity contribution in [3.63, 3.8) is 0 Å². The smallest absolute Gasteiger partial charge is 0.125 e. The largest absolute Gasteiger partial charge is 0.493 e. The van der Waals surface area contributed by atoms with Gasteiger partial charge in [0.2, 0.25) is 0 Å². The van der Waals surface area contributed by atoms with Crippen molar-refractivity contribution in [2.45, 2.75) is 39.5 Å². The van der Waals surface area contributed by atoms with Gasteiger partial charge in [-0.1, -0.05) is 45.0 Å². The maximum atomic E-state index is 6.01. The summed E-state index contributed by atoms with van der Waals surface area (Å²) in [6.07, 6.45) is 2.88. The molecule has 1 aromatic rings. The first kappa shape index (κ1) is 15.8. The van der Waals surface area contributed by atoms with Crippen molar-refractivity contribution in [2.24, 2.45) is 0 Å². The molecule has 0 fully saturated rings. The maximum Gasteiger partial charge on any atom is 0.125 e. The molecule has 19 heavy (non-hydrogen) atoms. The number of hydrogen-bond donors (Lipinski definition) is 1. The zero-order valence-electron chi connectivity index (χ0n) is 12.8. The van der Waals surface area contributed by atoms with Gasteiger partial charge in [0, 0.05) is 6.54 Å². The summed E-state index contributed by atoms with van der Waals surface area (Å²) in [6.45, 7) is 15.0. The fourth-order valence-corrected chi connectivity index (χ4v) is 2.01. The summed E-state index contributed by atoms with van der Waals surface area (Å²) in [5, 5.41) is 3.28. The van der Waals surface area contributed by atoms with E-state index in [1.165, 1.54) is 11.1 Å². The second-order valence-corrected chi connectivity index (χ2v) is 5.90. The van der Waals surface area contributed by atoms with E-state index in [1.54, 1.807) is 0 Å². The van der Waals surface area contributed by atoms with Crippen molar-refractivity contribution in [3.05, 3.63) is 42.0 Å². The van der Waals surface area contributed by atoms with E-state index in [0.29, 0.717) is 0 Å². The first-order chi connectivity index (χ1) is 8.96. The molecule has 0 aliphatic carbocycles. The quantitative estimate of drug-likeness (QED) is 0.595. The summed E-state index contributed by atoms with van der Waals surface area (Å²) in [6, 6.07) is 6.38. The van der Waals surface area contributed by atoms with Crippen molar-refractivity contribution >= 4 is 0 Å². The zero-order chi connectivity index (χ0) is 14.3. The molecule has 0 aromatic heterocycles. The highest BCUT2D eigenvalue weighted by molar-refractivity contribution is 5.44. The summed E-state index contributed by atoms with van der Waals surface area (Å²) in [5.74, 6) is 1.05. The minimum atomic E-state index is 0.114. The lowest BCUT2D eigenvalue weighted by atomic mass is 9.85. The maximum absolute atomic E-state index is 6.01. The minimum Gasteiger partial charge on any atom is -0.493 e. The van der Waals surface area contributed by atoms with E-state index in [2.05, 4.69) is 57.8 Å². The van der Waals surface area contributed by atoms with E-state index in [1.807, 2.05) is 6.08 Å². The molecule has 106 valence electrons. The Bertz CT molecular complexity index is 404. The average Bonchev–Trinajstić information content (AvgIpc) is 2.33. The van der Waals surface area contributed by atoms with Gasteiger partial charge in [-0.25, -0.2) is 0 Å². The van der Waals surface area contributed by atoms with Gasteiger partial charge in [-0.05, 0) is 36.4 Å². The lowest BCUT2D eigenvalue weighted by Crippen LogP contribution is -2.18. The first-order valence-corrected chi connectivity index (χ1v) is 7.01. The zero-order valence-corrected chi connectivity index (χ0v) is 12.8. The summed E-state index contributed by atoms with van der Waals surface area (Å²) in [7, 11) is 0. The molecule has 2 nitrogen and oxygen atoms in total. The molecule has 0 saturated heterocycles. The molecular weight excluding hydrogens is 234 g/mol. The molecule has 0 atom stereocenters. The summed E-state index contributed by atoms with van der Waals surface area (Å²) in [5.41, 5.74) is 2.61. The van der Waals surface area contributed by atoms with Crippen LogP contribution in [0, 0.1) is 6.92 Å². The molecular formula is C17H27NO. The van der Waals surface area contributed by atoms with Gasteiger partial charge >= 0.3 is 0 Å². The van der Waals surface area contributed by atoms with Crippen LogP contribution in [0.25, 0.3) is 0 Å². The van der Waals surface area contributed by atoms with Gasteiger partial charge < -0.3 is 10.1 Å². The molecule has 1 aromatic carbocycles. The lowest BCUT2D eigenvalue weighted by molar-refractivity contribution is 0.299. The third-order valence-electron chi connectivity index (χ3n) is 3.05. The molecule has 0 heterocycles. The number of nitrogens with one attached hydrogen (secondary N) is 1. The van der Waals surface area contributed by atoms with E-state index < -0.39 is 0 Å².